The average Bonchev–Trinajstić information content (AvgIpc) is 3.20. The molecule has 2 aromatic carbocycles. The van der Waals surface area contributed by atoms with Crippen LogP contribution in [0.1, 0.15) is 54.6 Å². The van der Waals surface area contributed by atoms with Crippen molar-refractivity contribution in [2.24, 2.45) is 12.8 Å². The average molecular weight is 527 g/mol. The first-order chi connectivity index (χ1) is 17.6. The Kier molecular flexibility index (Phi) is 9.09. The molecular weight excluding hydrogens is 492 g/mol. The first kappa shape index (κ1) is 27.9. The van der Waals surface area contributed by atoms with Crippen molar-refractivity contribution >= 4 is 44.2 Å². The van der Waals surface area contributed by atoms with Crippen LogP contribution in [-0.4, -0.2) is 49.5 Å². The number of ether oxygens (including phenoxy) is 1. The van der Waals surface area contributed by atoms with E-state index in [4.69, 9.17) is 15.9 Å². The van der Waals surface area contributed by atoms with Gasteiger partial charge in [-0.1, -0.05) is 37.6 Å². The van der Waals surface area contributed by atoms with Gasteiger partial charge in [-0.05, 0) is 43.5 Å². The summed E-state index contributed by atoms with van der Waals surface area (Å²) < 4.78 is 34.2. The SMILES string of the molecule is CCCCS(=O)(=O)N(CC(=O)OCC)c1ccc2c(c1)c(C(=O)CCc1ccc(C(=N)N)cc1)cn2C. The third-order valence-electron chi connectivity index (χ3n) is 6.14. The number of hydrogen-bond donors (Lipinski definition) is 2. The molecule has 37 heavy (non-hydrogen) atoms. The van der Waals surface area contributed by atoms with Gasteiger partial charge < -0.3 is 15.0 Å². The van der Waals surface area contributed by atoms with E-state index >= 15 is 0 Å². The van der Waals surface area contributed by atoms with Gasteiger partial charge in [0.25, 0.3) is 0 Å². The number of esters is 1. The fraction of sp³-hybridized carbons (Fsp3) is 0.370. The lowest BCUT2D eigenvalue weighted by Crippen LogP contribution is -2.38. The Labute approximate surface area is 217 Å². The number of sulfonamides is 1. The molecule has 9 nitrogen and oxygen atoms in total. The molecule has 0 spiro atoms. The monoisotopic (exact) mass is 526 g/mol. The zero-order chi connectivity index (χ0) is 27.2. The second-order valence-corrected chi connectivity index (χ2v) is 10.9. The number of nitrogens with one attached hydrogen (secondary N) is 1. The van der Waals surface area contributed by atoms with Gasteiger partial charge in [0.2, 0.25) is 10.0 Å². The number of Topliss-reactive ketones (excluding diaryl/α,β-unsaturated/α-hetero) is 1. The molecule has 3 aromatic rings. The number of rotatable bonds is 13. The third kappa shape index (κ3) is 6.76. The van der Waals surface area contributed by atoms with Gasteiger partial charge in [0.05, 0.1) is 18.0 Å². The van der Waals surface area contributed by atoms with E-state index in [1.165, 1.54) is 0 Å². The Morgan fingerprint density at radius 1 is 1.11 bits per heavy atom. The minimum Gasteiger partial charge on any atom is -0.465 e. The Hall–Kier alpha value is -3.66. The predicted octanol–water partition coefficient (Wildman–Crippen LogP) is 3.78. The molecule has 0 bridgehead atoms. The molecule has 0 saturated carbocycles. The summed E-state index contributed by atoms with van der Waals surface area (Å²) in [5, 5.41) is 8.12. The van der Waals surface area contributed by atoms with Crippen LogP contribution in [0.2, 0.25) is 0 Å². The van der Waals surface area contributed by atoms with Crippen LogP contribution in [0.4, 0.5) is 5.69 Å². The number of aromatic nitrogens is 1. The number of fused-ring (bicyclic) bond motifs is 1. The summed E-state index contributed by atoms with van der Waals surface area (Å²) in [6.07, 6.45) is 3.67. The van der Waals surface area contributed by atoms with Gasteiger partial charge in [-0.15, -0.1) is 0 Å². The summed E-state index contributed by atoms with van der Waals surface area (Å²) in [6.45, 7) is 3.28. The Balaban J connectivity index is 1.92. The molecule has 10 heteroatoms. The molecule has 1 heterocycles. The summed E-state index contributed by atoms with van der Waals surface area (Å²) in [7, 11) is -1.96. The number of nitrogens with zero attached hydrogens (tertiary/aromatic N) is 2. The van der Waals surface area contributed by atoms with Crippen molar-refractivity contribution in [2.45, 2.75) is 39.5 Å². The molecule has 0 aliphatic carbocycles. The molecule has 3 rings (SSSR count). The predicted molar refractivity (Wildman–Crippen MR) is 146 cm³/mol. The molecule has 0 amide bonds. The van der Waals surface area contributed by atoms with Crippen LogP contribution in [0.5, 0.6) is 0 Å². The molecule has 0 aliphatic heterocycles. The fourth-order valence-electron chi connectivity index (χ4n) is 4.11. The zero-order valence-electron chi connectivity index (χ0n) is 21.5. The van der Waals surface area contributed by atoms with Crippen LogP contribution in [0.3, 0.4) is 0 Å². The van der Waals surface area contributed by atoms with Crippen molar-refractivity contribution in [3.8, 4) is 0 Å². The standard InChI is InChI=1S/C27H34N4O5S/c1-4-6-15-37(34,35)31(18-26(33)36-5-2)21-12-13-24-22(16-21)23(17-30(24)3)25(32)14-9-19-7-10-20(11-8-19)27(28)29/h7-8,10-13,16-17H,4-6,9,14-15,18H2,1-3H3,(H3,28,29). The van der Waals surface area contributed by atoms with E-state index in [-0.39, 0.29) is 30.4 Å². The van der Waals surface area contributed by atoms with E-state index in [2.05, 4.69) is 0 Å². The van der Waals surface area contributed by atoms with E-state index in [0.29, 0.717) is 41.5 Å². The summed E-state index contributed by atoms with van der Waals surface area (Å²) >= 11 is 0. The second kappa shape index (κ2) is 12.1. The van der Waals surface area contributed by atoms with Gasteiger partial charge in [0.1, 0.15) is 12.4 Å². The molecule has 0 saturated heterocycles. The van der Waals surface area contributed by atoms with Gasteiger partial charge in [-0.2, -0.15) is 0 Å². The van der Waals surface area contributed by atoms with E-state index in [9.17, 15) is 18.0 Å². The highest BCUT2D eigenvalue weighted by Crippen LogP contribution is 2.29. The smallest absolute Gasteiger partial charge is 0.326 e. The number of unbranched alkanes of at least 4 members (excludes halogenated alkanes) is 1. The number of ketones is 1. The number of nitrogen functional groups attached to an aromatic ring is 1. The van der Waals surface area contributed by atoms with Crippen LogP contribution >= 0.6 is 0 Å². The maximum absolute atomic E-state index is 13.2. The van der Waals surface area contributed by atoms with Crippen molar-refractivity contribution in [1.29, 1.82) is 5.41 Å². The van der Waals surface area contributed by atoms with Crippen molar-refractivity contribution in [3.63, 3.8) is 0 Å². The normalized spacial score (nSPS) is 11.4. The van der Waals surface area contributed by atoms with Crippen LogP contribution < -0.4 is 10.0 Å². The van der Waals surface area contributed by atoms with Crippen molar-refractivity contribution < 1.29 is 22.7 Å². The molecule has 1 aromatic heterocycles. The quantitative estimate of drug-likeness (QED) is 0.151. The summed E-state index contributed by atoms with van der Waals surface area (Å²) in [5.41, 5.74) is 8.65. The van der Waals surface area contributed by atoms with Gasteiger partial charge >= 0.3 is 5.97 Å². The van der Waals surface area contributed by atoms with E-state index in [0.717, 1.165) is 15.4 Å². The van der Waals surface area contributed by atoms with Crippen molar-refractivity contribution in [1.82, 2.24) is 4.57 Å². The topological polar surface area (TPSA) is 136 Å². The maximum atomic E-state index is 13.2. The third-order valence-corrected chi connectivity index (χ3v) is 7.95. The van der Waals surface area contributed by atoms with E-state index in [1.807, 2.05) is 30.7 Å². The minimum atomic E-state index is -3.79. The van der Waals surface area contributed by atoms with Gasteiger partial charge in [-0.3, -0.25) is 19.3 Å². The summed E-state index contributed by atoms with van der Waals surface area (Å²) in [5.74, 6) is -0.820. The molecule has 0 unspecified atom stereocenters. The van der Waals surface area contributed by atoms with Gasteiger partial charge in [-0.25, -0.2) is 8.42 Å². The molecule has 0 atom stereocenters. The second-order valence-electron chi connectivity index (χ2n) is 8.87. The number of aryl methyl sites for hydroxylation is 2. The highest BCUT2D eigenvalue weighted by Gasteiger charge is 2.26. The summed E-state index contributed by atoms with van der Waals surface area (Å²) in [6, 6.07) is 12.3. The fourth-order valence-corrected chi connectivity index (χ4v) is 5.72. The Bertz CT molecular complexity index is 1390. The molecule has 198 valence electrons. The first-order valence-electron chi connectivity index (χ1n) is 12.3. The lowest BCUT2D eigenvalue weighted by atomic mass is 10.0. The van der Waals surface area contributed by atoms with E-state index in [1.54, 1.807) is 43.5 Å². The highest BCUT2D eigenvalue weighted by molar-refractivity contribution is 7.92. The molecule has 0 radical (unpaired) electrons. The zero-order valence-corrected chi connectivity index (χ0v) is 22.3. The summed E-state index contributed by atoms with van der Waals surface area (Å²) in [4.78, 5) is 25.5. The first-order valence-corrected chi connectivity index (χ1v) is 13.9. The van der Waals surface area contributed by atoms with Gasteiger partial charge in [0, 0.05) is 41.7 Å². The van der Waals surface area contributed by atoms with Crippen molar-refractivity contribution in [2.75, 3.05) is 23.2 Å². The number of carbonyl (C=O) groups is 2. The van der Waals surface area contributed by atoms with Crippen LogP contribution in [0.15, 0.2) is 48.7 Å². The largest absolute Gasteiger partial charge is 0.465 e. The molecule has 0 aliphatic rings. The molecular formula is C27H34N4O5S. The van der Waals surface area contributed by atoms with Gasteiger partial charge in [0.15, 0.2) is 5.78 Å². The van der Waals surface area contributed by atoms with E-state index < -0.39 is 22.5 Å². The number of carbonyl (C=O) groups excluding carboxylic acids is 2. The Morgan fingerprint density at radius 3 is 2.43 bits per heavy atom. The number of hydrogen-bond acceptors (Lipinski definition) is 6. The molecule has 0 fully saturated rings. The minimum absolute atomic E-state index is 0.0112. The number of nitrogens with two attached hydrogens (primary N) is 1. The van der Waals surface area contributed by atoms with Crippen LogP contribution in [-0.2, 0) is 33.0 Å². The number of benzene rings is 2. The lowest BCUT2D eigenvalue weighted by molar-refractivity contribution is -0.141. The van der Waals surface area contributed by atoms with Crippen molar-refractivity contribution in [3.05, 3.63) is 65.4 Å². The maximum Gasteiger partial charge on any atom is 0.326 e. The highest BCUT2D eigenvalue weighted by atomic mass is 32.2. The Morgan fingerprint density at radius 2 is 1.81 bits per heavy atom. The molecule has 3 N–H and O–H groups in total. The lowest BCUT2D eigenvalue weighted by Gasteiger charge is -2.24. The van der Waals surface area contributed by atoms with Crippen LogP contribution in [0, 0.1) is 5.41 Å². The number of amidine groups is 1. The number of anilines is 1. The van der Waals surface area contributed by atoms with Crippen LogP contribution in [0.25, 0.3) is 10.9 Å².